The molecular formula is C16H21N3O2. The molecule has 1 N–H and O–H groups in total. The molecule has 5 nitrogen and oxygen atoms in total. The van der Waals surface area contributed by atoms with Gasteiger partial charge in [-0.25, -0.2) is 9.78 Å². The van der Waals surface area contributed by atoms with E-state index in [1.54, 1.807) is 10.6 Å². The number of aromatic nitrogens is 2. The molecule has 0 amide bonds. The van der Waals surface area contributed by atoms with E-state index in [4.69, 9.17) is 0 Å². The lowest BCUT2D eigenvalue weighted by Crippen LogP contribution is -2.36. The van der Waals surface area contributed by atoms with E-state index < -0.39 is 5.97 Å². The zero-order valence-corrected chi connectivity index (χ0v) is 12.5. The van der Waals surface area contributed by atoms with Crippen LogP contribution in [0.25, 0.3) is 5.65 Å². The topological polar surface area (TPSA) is 57.8 Å². The summed E-state index contributed by atoms with van der Waals surface area (Å²) in [5.74, 6) is 1.10. The minimum absolute atomic E-state index is 0.272. The molecule has 3 rings (SSSR count). The summed E-state index contributed by atoms with van der Waals surface area (Å²) in [6, 6.07) is 5.55. The number of carboxylic acids is 1. The monoisotopic (exact) mass is 287 g/mol. The van der Waals surface area contributed by atoms with Crippen molar-refractivity contribution in [3.63, 3.8) is 0 Å². The Kier molecular flexibility index (Phi) is 3.57. The second kappa shape index (κ2) is 5.39. The third-order valence-electron chi connectivity index (χ3n) is 4.50. The summed E-state index contributed by atoms with van der Waals surface area (Å²) in [5, 5.41) is 9.54. The summed E-state index contributed by atoms with van der Waals surface area (Å²) >= 11 is 0. The Balaban J connectivity index is 1.94. The second-order valence-corrected chi connectivity index (χ2v) is 6.09. The number of carboxylic acid groups (broad SMARTS) is 1. The van der Waals surface area contributed by atoms with Crippen molar-refractivity contribution in [1.82, 2.24) is 9.38 Å². The Labute approximate surface area is 124 Å². The van der Waals surface area contributed by atoms with Crippen LogP contribution in [0.15, 0.2) is 24.4 Å². The van der Waals surface area contributed by atoms with Crippen molar-refractivity contribution in [3.05, 3.63) is 30.1 Å². The molecule has 0 aromatic carbocycles. The van der Waals surface area contributed by atoms with E-state index in [9.17, 15) is 9.90 Å². The van der Waals surface area contributed by atoms with Crippen molar-refractivity contribution < 1.29 is 9.90 Å². The van der Waals surface area contributed by atoms with Crippen LogP contribution in [-0.2, 0) is 0 Å². The Morgan fingerprint density at radius 3 is 2.67 bits per heavy atom. The summed E-state index contributed by atoms with van der Waals surface area (Å²) in [7, 11) is 0. The molecule has 0 saturated carbocycles. The Morgan fingerprint density at radius 2 is 2.05 bits per heavy atom. The van der Waals surface area contributed by atoms with E-state index in [2.05, 4.69) is 23.7 Å². The number of fused-ring (bicyclic) bond motifs is 1. The highest BCUT2D eigenvalue weighted by Gasteiger charge is 2.27. The maximum absolute atomic E-state index is 11.6. The molecule has 1 aliphatic rings. The summed E-state index contributed by atoms with van der Waals surface area (Å²) in [4.78, 5) is 18.3. The predicted octanol–water partition coefficient (Wildman–Crippen LogP) is 2.90. The van der Waals surface area contributed by atoms with Crippen LogP contribution in [-0.4, -0.2) is 33.6 Å². The van der Waals surface area contributed by atoms with Gasteiger partial charge in [0.2, 0.25) is 0 Å². The van der Waals surface area contributed by atoms with Gasteiger partial charge in [-0.1, -0.05) is 19.9 Å². The van der Waals surface area contributed by atoms with Gasteiger partial charge in [0.05, 0.1) is 0 Å². The fourth-order valence-corrected chi connectivity index (χ4v) is 3.18. The molecule has 112 valence electrons. The third kappa shape index (κ3) is 2.48. The normalized spacial score (nSPS) is 16.8. The minimum atomic E-state index is -0.922. The number of rotatable bonds is 3. The van der Waals surface area contributed by atoms with Crippen molar-refractivity contribution in [3.8, 4) is 0 Å². The quantitative estimate of drug-likeness (QED) is 0.943. The highest BCUT2D eigenvalue weighted by atomic mass is 16.4. The fraction of sp³-hybridized carbons (Fsp3) is 0.500. The lowest BCUT2D eigenvalue weighted by Gasteiger charge is -2.34. The van der Waals surface area contributed by atoms with Crippen LogP contribution in [0.4, 0.5) is 5.82 Å². The molecule has 0 bridgehead atoms. The van der Waals surface area contributed by atoms with Crippen LogP contribution in [0, 0.1) is 11.8 Å². The van der Waals surface area contributed by atoms with E-state index in [0.29, 0.717) is 17.4 Å². The minimum Gasteiger partial charge on any atom is -0.476 e. The first kappa shape index (κ1) is 13.9. The number of anilines is 1. The molecule has 1 aliphatic heterocycles. The van der Waals surface area contributed by atoms with Crippen LogP contribution < -0.4 is 4.90 Å². The number of hydrogen-bond donors (Lipinski definition) is 1. The molecule has 5 heteroatoms. The maximum atomic E-state index is 11.6. The maximum Gasteiger partial charge on any atom is 0.356 e. The smallest absolute Gasteiger partial charge is 0.356 e. The first-order valence-corrected chi connectivity index (χ1v) is 7.53. The molecule has 2 aromatic heterocycles. The highest BCUT2D eigenvalue weighted by Crippen LogP contribution is 2.29. The zero-order chi connectivity index (χ0) is 15.0. The Morgan fingerprint density at radius 1 is 1.33 bits per heavy atom. The fourth-order valence-electron chi connectivity index (χ4n) is 3.18. The van der Waals surface area contributed by atoms with Gasteiger partial charge in [0.25, 0.3) is 0 Å². The molecule has 0 unspecified atom stereocenters. The average molecular weight is 287 g/mol. The van der Waals surface area contributed by atoms with E-state index in [0.717, 1.165) is 31.8 Å². The van der Waals surface area contributed by atoms with Crippen molar-refractivity contribution in [2.45, 2.75) is 26.7 Å². The van der Waals surface area contributed by atoms with Crippen LogP contribution in [0.1, 0.15) is 37.2 Å². The standard InChI is InChI=1S/C16H21N3O2/c1-11(2)12-6-9-18(10-7-12)15-14(16(20)21)19-8-4-3-5-13(19)17-15/h3-5,8,11-12H,6-7,9-10H2,1-2H3,(H,20,21). The van der Waals surface area contributed by atoms with Crippen LogP contribution in [0.2, 0.25) is 0 Å². The van der Waals surface area contributed by atoms with Crippen molar-refractivity contribution in [1.29, 1.82) is 0 Å². The van der Waals surface area contributed by atoms with Crippen LogP contribution in [0.3, 0.4) is 0 Å². The van der Waals surface area contributed by atoms with E-state index in [1.807, 2.05) is 18.2 Å². The molecule has 1 saturated heterocycles. The number of hydrogen-bond acceptors (Lipinski definition) is 3. The lowest BCUT2D eigenvalue weighted by atomic mass is 9.87. The Bertz CT molecular complexity index is 655. The molecule has 21 heavy (non-hydrogen) atoms. The molecule has 0 radical (unpaired) electrons. The van der Waals surface area contributed by atoms with Gasteiger partial charge < -0.3 is 10.0 Å². The van der Waals surface area contributed by atoms with Gasteiger partial charge >= 0.3 is 5.97 Å². The average Bonchev–Trinajstić information content (AvgIpc) is 2.86. The molecule has 2 aromatic rings. The number of aromatic carboxylic acids is 1. The molecule has 3 heterocycles. The van der Waals surface area contributed by atoms with Gasteiger partial charge in [-0.15, -0.1) is 0 Å². The van der Waals surface area contributed by atoms with Crippen molar-refractivity contribution in [2.24, 2.45) is 11.8 Å². The number of nitrogens with zero attached hydrogens (tertiary/aromatic N) is 3. The van der Waals surface area contributed by atoms with Gasteiger partial charge in [0.1, 0.15) is 5.65 Å². The SMILES string of the molecule is CC(C)C1CCN(c2nc3ccccn3c2C(=O)O)CC1. The summed E-state index contributed by atoms with van der Waals surface area (Å²) < 4.78 is 1.66. The van der Waals surface area contributed by atoms with Gasteiger partial charge in [0.15, 0.2) is 11.5 Å². The largest absolute Gasteiger partial charge is 0.476 e. The number of imidazole rings is 1. The van der Waals surface area contributed by atoms with E-state index >= 15 is 0 Å². The van der Waals surface area contributed by atoms with Crippen LogP contribution >= 0.6 is 0 Å². The van der Waals surface area contributed by atoms with E-state index in [1.165, 1.54) is 0 Å². The Hall–Kier alpha value is -2.04. The number of carbonyl (C=O) groups is 1. The van der Waals surface area contributed by atoms with E-state index in [-0.39, 0.29) is 5.69 Å². The molecule has 0 aliphatic carbocycles. The zero-order valence-electron chi connectivity index (χ0n) is 12.5. The molecular weight excluding hydrogens is 266 g/mol. The van der Waals surface area contributed by atoms with Gasteiger partial charge in [-0.2, -0.15) is 0 Å². The van der Waals surface area contributed by atoms with Gasteiger partial charge in [-0.3, -0.25) is 4.40 Å². The number of piperidine rings is 1. The van der Waals surface area contributed by atoms with Crippen LogP contribution in [0.5, 0.6) is 0 Å². The first-order valence-electron chi connectivity index (χ1n) is 7.53. The predicted molar refractivity (Wildman–Crippen MR) is 81.9 cm³/mol. The molecule has 0 atom stereocenters. The first-order chi connectivity index (χ1) is 10.1. The lowest BCUT2D eigenvalue weighted by molar-refractivity contribution is 0.0690. The summed E-state index contributed by atoms with van der Waals surface area (Å²) in [6.45, 7) is 6.28. The highest BCUT2D eigenvalue weighted by molar-refractivity contribution is 5.93. The summed E-state index contributed by atoms with van der Waals surface area (Å²) in [5.41, 5.74) is 0.962. The molecule has 1 fully saturated rings. The summed E-state index contributed by atoms with van der Waals surface area (Å²) in [6.07, 6.45) is 3.96. The third-order valence-corrected chi connectivity index (χ3v) is 4.50. The molecule has 0 spiro atoms. The van der Waals surface area contributed by atoms with Gasteiger partial charge in [-0.05, 0) is 36.8 Å². The van der Waals surface area contributed by atoms with Crippen molar-refractivity contribution in [2.75, 3.05) is 18.0 Å². The second-order valence-electron chi connectivity index (χ2n) is 6.09. The van der Waals surface area contributed by atoms with Crippen molar-refractivity contribution >= 4 is 17.4 Å². The number of pyridine rings is 1. The van der Waals surface area contributed by atoms with Gasteiger partial charge in [0, 0.05) is 19.3 Å².